The van der Waals surface area contributed by atoms with Crippen molar-refractivity contribution in [3.05, 3.63) is 23.8 Å². The first-order chi connectivity index (χ1) is 10.9. The van der Waals surface area contributed by atoms with Gasteiger partial charge in [-0.3, -0.25) is 4.90 Å². The minimum atomic E-state index is -0.464. The van der Waals surface area contributed by atoms with Crippen molar-refractivity contribution in [3.63, 3.8) is 0 Å². The minimum Gasteiger partial charge on any atom is -0.443 e. The Morgan fingerprint density at radius 1 is 1.30 bits per heavy atom. The van der Waals surface area contributed by atoms with Crippen molar-refractivity contribution in [1.82, 2.24) is 0 Å². The molecular formula is C19H28N2O2. The van der Waals surface area contributed by atoms with E-state index in [1.165, 1.54) is 24.8 Å². The summed E-state index contributed by atoms with van der Waals surface area (Å²) < 4.78 is 5.57. The fraction of sp³-hybridized carbons (Fsp3) is 0.632. The lowest BCUT2D eigenvalue weighted by molar-refractivity contribution is 0.0578. The largest absolute Gasteiger partial charge is 0.443 e. The van der Waals surface area contributed by atoms with E-state index in [1.807, 2.05) is 20.8 Å². The molecule has 1 fully saturated rings. The highest BCUT2D eigenvalue weighted by Crippen LogP contribution is 2.32. The van der Waals surface area contributed by atoms with E-state index in [9.17, 15) is 4.79 Å². The van der Waals surface area contributed by atoms with Crippen LogP contribution in [-0.2, 0) is 11.2 Å². The van der Waals surface area contributed by atoms with Gasteiger partial charge < -0.3 is 10.1 Å². The number of amides is 1. The fourth-order valence-corrected chi connectivity index (χ4v) is 3.15. The number of carbonyl (C=O) groups is 1. The summed E-state index contributed by atoms with van der Waals surface area (Å²) in [5.74, 6) is 0.813. The number of ether oxygens (including phenoxy) is 1. The third kappa shape index (κ3) is 3.98. The van der Waals surface area contributed by atoms with E-state index in [-0.39, 0.29) is 6.09 Å². The first-order valence-electron chi connectivity index (χ1n) is 8.80. The lowest BCUT2D eigenvalue weighted by Gasteiger charge is -2.32. The molecule has 0 atom stereocenters. The van der Waals surface area contributed by atoms with Crippen LogP contribution in [0.1, 0.15) is 52.0 Å². The Morgan fingerprint density at radius 3 is 2.74 bits per heavy atom. The fourth-order valence-electron chi connectivity index (χ4n) is 3.15. The number of nitrogens with zero attached hydrogens (tertiary/aromatic N) is 1. The number of nitrogens with one attached hydrogen (secondary N) is 1. The Labute approximate surface area is 139 Å². The van der Waals surface area contributed by atoms with Gasteiger partial charge in [0.25, 0.3) is 0 Å². The standard InChI is InChI=1S/C19H28N2O2/c1-19(2,3)23-18(22)21-11-5-8-15-9-10-16(12-17(15)21)20-13-14-6-4-7-14/h9-10,12,14,20H,4-8,11,13H2,1-3H3. The van der Waals surface area contributed by atoms with E-state index in [2.05, 4.69) is 23.5 Å². The summed E-state index contributed by atoms with van der Waals surface area (Å²) in [6, 6.07) is 6.39. The van der Waals surface area contributed by atoms with Crippen molar-refractivity contribution in [3.8, 4) is 0 Å². The molecule has 1 aromatic rings. The van der Waals surface area contributed by atoms with Crippen molar-refractivity contribution >= 4 is 17.5 Å². The lowest BCUT2D eigenvalue weighted by atomic mass is 9.85. The molecule has 1 aromatic carbocycles. The second kappa shape index (κ2) is 6.42. The number of fused-ring (bicyclic) bond motifs is 1. The molecule has 1 aliphatic heterocycles. The molecule has 0 aromatic heterocycles. The number of benzene rings is 1. The molecule has 1 amide bonds. The molecular weight excluding hydrogens is 288 g/mol. The van der Waals surface area contributed by atoms with Gasteiger partial charge in [0.1, 0.15) is 5.60 Å². The van der Waals surface area contributed by atoms with Gasteiger partial charge in [0, 0.05) is 18.8 Å². The molecule has 2 aliphatic rings. The first kappa shape index (κ1) is 16.2. The van der Waals surface area contributed by atoms with Crippen molar-refractivity contribution < 1.29 is 9.53 Å². The van der Waals surface area contributed by atoms with Crippen LogP contribution < -0.4 is 10.2 Å². The van der Waals surface area contributed by atoms with Crippen LogP contribution in [-0.4, -0.2) is 24.8 Å². The Bertz CT molecular complexity index is 573. The summed E-state index contributed by atoms with van der Waals surface area (Å²) in [5, 5.41) is 3.53. The molecule has 3 rings (SSSR count). The van der Waals surface area contributed by atoms with E-state index in [1.54, 1.807) is 4.90 Å². The normalized spacial score (nSPS) is 18.1. The number of aryl methyl sites for hydroxylation is 1. The van der Waals surface area contributed by atoms with Crippen LogP contribution in [0.4, 0.5) is 16.2 Å². The topological polar surface area (TPSA) is 41.6 Å². The number of hydrogen-bond acceptors (Lipinski definition) is 3. The third-order valence-corrected chi connectivity index (χ3v) is 4.64. The van der Waals surface area contributed by atoms with Crippen LogP contribution >= 0.6 is 0 Å². The van der Waals surface area contributed by atoms with Gasteiger partial charge in [-0.25, -0.2) is 4.79 Å². The minimum absolute atomic E-state index is 0.241. The molecule has 126 valence electrons. The quantitative estimate of drug-likeness (QED) is 0.887. The zero-order valence-corrected chi connectivity index (χ0v) is 14.5. The van der Waals surface area contributed by atoms with Gasteiger partial charge in [0.05, 0.1) is 5.69 Å². The second-order valence-electron chi connectivity index (χ2n) is 7.76. The summed E-state index contributed by atoms with van der Waals surface area (Å²) in [6.45, 7) is 7.49. The maximum Gasteiger partial charge on any atom is 0.414 e. The Kier molecular flexibility index (Phi) is 4.51. The van der Waals surface area contributed by atoms with Gasteiger partial charge in [-0.1, -0.05) is 12.5 Å². The van der Waals surface area contributed by atoms with E-state index in [0.717, 1.165) is 43.2 Å². The number of carbonyl (C=O) groups excluding carboxylic acids is 1. The summed E-state index contributed by atoms with van der Waals surface area (Å²) in [6.07, 6.45) is 5.81. The van der Waals surface area contributed by atoms with Crippen LogP contribution in [0.3, 0.4) is 0 Å². The summed E-state index contributed by atoms with van der Waals surface area (Å²) in [7, 11) is 0. The Hall–Kier alpha value is -1.71. The zero-order chi connectivity index (χ0) is 16.4. The molecule has 0 bridgehead atoms. The highest BCUT2D eigenvalue weighted by atomic mass is 16.6. The van der Waals surface area contributed by atoms with Gasteiger partial charge in [-0.15, -0.1) is 0 Å². The van der Waals surface area contributed by atoms with Crippen LogP contribution in [0.2, 0.25) is 0 Å². The Balaban J connectivity index is 1.74. The molecule has 0 saturated heterocycles. The maximum atomic E-state index is 12.5. The molecule has 0 radical (unpaired) electrons. The van der Waals surface area contributed by atoms with Crippen LogP contribution in [0.25, 0.3) is 0 Å². The number of rotatable bonds is 3. The molecule has 23 heavy (non-hydrogen) atoms. The highest BCUT2D eigenvalue weighted by molar-refractivity contribution is 5.90. The van der Waals surface area contributed by atoms with E-state index >= 15 is 0 Å². The number of anilines is 2. The molecule has 1 heterocycles. The molecule has 4 heteroatoms. The summed E-state index contributed by atoms with van der Waals surface area (Å²) >= 11 is 0. The van der Waals surface area contributed by atoms with Crippen molar-refractivity contribution in [2.45, 2.75) is 58.5 Å². The third-order valence-electron chi connectivity index (χ3n) is 4.64. The monoisotopic (exact) mass is 316 g/mol. The lowest BCUT2D eigenvalue weighted by Crippen LogP contribution is -2.39. The van der Waals surface area contributed by atoms with E-state index in [4.69, 9.17) is 4.74 Å². The average molecular weight is 316 g/mol. The SMILES string of the molecule is CC(C)(C)OC(=O)N1CCCc2ccc(NCC3CCC3)cc21. The van der Waals surface area contributed by atoms with Crippen molar-refractivity contribution in [2.24, 2.45) is 5.92 Å². The van der Waals surface area contributed by atoms with E-state index < -0.39 is 5.60 Å². The van der Waals surface area contributed by atoms with Gasteiger partial charge in [0.2, 0.25) is 0 Å². The highest BCUT2D eigenvalue weighted by Gasteiger charge is 2.27. The van der Waals surface area contributed by atoms with Crippen molar-refractivity contribution in [1.29, 1.82) is 0 Å². The molecule has 0 spiro atoms. The molecule has 1 aliphatic carbocycles. The van der Waals surface area contributed by atoms with Crippen LogP contribution in [0.15, 0.2) is 18.2 Å². The van der Waals surface area contributed by atoms with Gasteiger partial charge in [0.15, 0.2) is 0 Å². The predicted octanol–water partition coefficient (Wildman–Crippen LogP) is 4.59. The Morgan fingerprint density at radius 2 is 2.09 bits per heavy atom. The smallest absolute Gasteiger partial charge is 0.414 e. The van der Waals surface area contributed by atoms with Crippen molar-refractivity contribution in [2.75, 3.05) is 23.3 Å². The van der Waals surface area contributed by atoms with Crippen LogP contribution in [0, 0.1) is 5.92 Å². The van der Waals surface area contributed by atoms with Crippen LogP contribution in [0.5, 0.6) is 0 Å². The van der Waals surface area contributed by atoms with Gasteiger partial charge >= 0.3 is 6.09 Å². The molecule has 0 unspecified atom stereocenters. The predicted molar refractivity (Wildman–Crippen MR) is 94.2 cm³/mol. The zero-order valence-electron chi connectivity index (χ0n) is 14.5. The first-order valence-corrected chi connectivity index (χ1v) is 8.80. The summed E-state index contributed by atoms with van der Waals surface area (Å²) in [4.78, 5) is 14.3. The number of hydrogen-bond donors (Lipinski definition) is 1. The van der Waals surface area contributed by atoms with Gasteiger partial charge in [-0.05, 0) is 70.1 Å². The average Bonchev–Trinajstić information content (AvgIpc) is 2.43. The van der Waals surface area contributed by atoms with E-state index in [0.29, 0.717) is 0 Å². The van der Waals surface area contributed by atoms with Gasteiger partial charge in [-0.2, -0.15) is 0 Å². The molecule has 1 saturated carbocycles. The second-order valence-corrected chi connectivity index (χ2v) is 7.76. The molecule has 1 N–H and O–H groups in total. The maximum absolute atomic E-state index is 12.5. The summed E-state index contributed by atoms with van der Waals surface area (Å²) in [5.41, 5.74) is 2.88. The molecule has 4 nitrogen and oxygen atoms in total.